The Morgan fingerprint density at radius 2 is 1.17 bits per heavy atom. The Labute approximate surface area is 189 Å². The summed E-state index contributed by atoms with van der Waals surface area (Å²) < 4.78 is 13.7. The first-order chi connectivity index (χ1) is 13.8. The zero-order valence-corrected chi connectivity index (χ0v) is 21.8. The van der Waals surface area contributed by atoms with Gasteiger partial charge in [0.2, 0.25) is 0 Å². The first kappa shape index (κ1) is 23.2. The third-order valence-electron chi connectivity index (χ3n) is 5.78. The summed E-state index contributed by atoms with van der Waals surface area (Å²) in [5.74, 6) is 2.70. The normalized spacial score (nSPS) is 14.4. The molecule has 30 heavy (non-hydrogen) atoms. The summed E-state index contributed by atoms with van der Waals surface area (Å²) in [5, 5.41) is 0.994. The van der Waals surface area contributed by atoms with E-state index in [4.69, 9.17) is 7.58 Å². The molecule has 0 bridgehead atoms. The molecule has 2 aromatic rings. The van der Waals surface area contributed by atoms with Gasteiger partial charge < -0.3 is 7.58 Å². The molecule has 0 spiro atoms. The van der Waals surface area contributed by atoms with Gasteiger partial charge in [0.25, 0.3) is 0 Å². The number of hydrogen-bond donors (Lipinski definition) is 0. The fourth-order valence-electron chi connectivity index (χ4n) is 4.32. The number of benzene rings is 2. The molecule has 3 heteroatoms. The molecule has 2 nitrogen and oxygen atoms in total. The Kier molecular flexibility index (Phi) is 6.39. The zero-order chi connectivity index (χ0) is 22.4. The summed E-state index contributed by atoms with van der Waals surface area (Å²) in [6.07, 6.45) is 0.850. The largest absolute Gasteiger partial charge is 0.857 e. The van der Waals surface area contributed by atoms with Crippen LogP contribution in [0.4, 0.5) is 0 Å². The molecule has 1 aliphatic rings. The number of aryl methyl sites for hydroxylation is 2. The van der Waals surface area contributed by atoms with E-state index in [1.807, 2.05) is 0 Å². The maximum atomic E-state index is 6.83. The van der Waals surface area contributed by atoms with Gasteiger partial charge in [-0.15, -0.1) is 0 Å². The molecule has 1 heterocycles. The molecule has 0 radical (unpaired) electrons. The molecular weight excluding hydrogens is 383 g/mol. The number of fused-ring (bicyclic) bond motifs is 2. The number of hydrogen-bond acceptors (Lipinski definition) is 2. The van der Waals surface area contributed by atoms with Crippen molar-refractivity contribution >= 4 is 14.8 Å². The second kappa shape index (κ2) is 8.25. The maximum Gasteiger partial charge on any atom is 0.857 e. The van der Waals surface area contributed by atoms with E-state index < -0.39 is 14.8 Å². The van der Waals surface area contributed by atoms with Crippen LogP contribution in [-0.4, -0.2) is 14.8 Å². The summed E-state index contributed by atoms with van der Waals surface area (Å²) in [7, 11) is 0. The molecule has 0 aromatic heterocycles. The Morgan fingerprint density at radius 3 is 1.50 bits per heavy atom. The lowest BCUT2D eigenvalue weighted by molar-refractivity contribution is 0.384. The highest BCUT2D eigenvalue weighted by molar-refractivity contribution is 6.46. The van der Waals surface area contributed by atoms with E-state index in [9.17, 15) is 0 Å². The van der Waals surface area contributed by atoms with Gasteiger partial charge in [-0.2, -0.15) is 0 Å². The minimum absolute atomic E-state index is 0.0259. The minimum Gasteiger partial charge on any atom is -0.611 e. The molecule has 0 aliphatic carbocycles. The van der Waals surface area contributed by atoms with Crippen molar-refractivity contribution in [3.05, 3.63) is 57.6 Å². The van der Waals surface area contributed by atoms with Gasteiger partial charge in [0.1, 0.15) is 0 Å². The van der Waals surface area contributed by atoms with Gasteiger partial charge in [-0.1, -0.05) is 96.7 Å². The van der Waals surface area contributed by atoms with E-state index in [-0.39, 0.29) is 10.8 Å². The summed E-state index contributed by atoms with van der Waals surface area (Å²) in [5.41, 5.74) is 7.86. The predicted octanol–water partition coefficient (Wildman–Crippen LogP) is 7.40. The lowest BCUT2D eigenvalue weighted by Gasteiger charge is -2.33. The van der Waals surface area contributed by atoms with E-state index in [0.29, 0.717) is 5.92 Å². The Balaban J connectivity index is 2.28. The fraction of sp³-hybridized carbons (Fsp3) is 0.556. The third-order valence-corrected chi connectivity index (χ3v) is 8.10. The van der Waals surface area contributed by atoms with Crippen molar-refractivity contribution in [3.8, 4) is 11.5 Å². The number of rotatable bonds is 2. The van der Waals surface area contributed by atoms with E-state index in [2.05, 4.69) is 93.5 Å². The van der Waals surface area contributed by atoms with Gasteiger partial charge in [-0.05, 0) is 52.2 Å². The zero-order valence-electron chi connectivity index (χ0n) is 20.7. The quantitative estimate of drug-likeness (QED) is 0.469. The van der Waals surface area contributed by atoms with Gasteiger partial charge in [0.05, 0.1) is 11.5 Å². The topological polar surface area (TPSA) is 18.5 Å². The van der Waals surface area contributed by atoms with Crippen LogP contribution in [0, 0.1) is 19.8 Å². The molecule has 162 valence electrons. The van der Waals surface area contributed by atoms with Crippen molar-refractivity contribution in [1.29, 1.82) is 0 Å². The van der Waals surface area contributed by atoms with Crippen molar-refractivity contribution in [2.24, 2.45) is 5.92 Å². The lowest BCUT2D eigenvalue weighted by atomic mass is 9.81. The highest BCUT2D eigenvalue weighted by atomic mass is 27.2. The van der Waals surface area contributed by atoms with Crippen molar-refractivity contribution in [2.75, 3.05) is 0 Å². The highest BCUT2D eigenvalue weighted by Gasteiger charge is 2.39. The molecule has 0 saturated heterocycles. The lowest BCUT2D eigenvalue weighted by Crippen LogP contribution is -2.35. The molecule has 0 N–H and O–H groups in total. The standard InChI is InChI=1S/C23H32O2.C4H9.Al/c1-14-9-16(20(24)18(11-14)22(3,4)5)13-17-10-15(2)12-19(21(17)25)23(6,7)8;1-4(2)3;/h9-12,24-25H,13H2,1-8H3;4H,1H2,2-3H3;/q;;+2/p-2. The van der Waals surface area contributed by atoms with Crippen LogP contribution >= 0.6 is 0 Å². The second-order valence-electron chi connectivity index (χ2n) is 11.6. The van der Waals surface area contributed by atoms with Crippen LogP contribution in [-0.2, 0) is 17.3 Å². The average Bonchev–Trinajstić information content (AvgIpc) is 2.54. The summed E-state index contributed by atoms with van der Waals surface area (Å²) in [4.78, 5) is 0. The van der Waals surface area contributed by atoms with Crippen molar-refractivity contribution in [2.45, 2.75) is 91.8 Å². The van der Waals surface area contributed by atoms with Crippen LogP contribution in [0.1, 0.15) is 88.8 Å². The molecule has 0 amide bonds. The van der Waals surface area contributed by atoms with Crippen LogP contribution in [0.25, 0.3) is 0 Å². The van der Waals surface area contributed by atoms with Crippen LogP contribution in [0.2, 0.25) is 5.28 Å². The monoisotopic (exact) mass is 422 g/mol. The molecule has 1 aliphatic heterocycles. The van der Waals surface area contributed by atoms with Gasteiger partial charge in [0, 0.05) is 6.42 Å². The van der Waals surface area contributed by atoms with Crippen molar-refractivity contribution in [3.63, 3.8) is 0 Å². The van der Waals surface area contributed by atoms with Crippen LogP contribution in [0.3, 0.4) is 0 Å². The molecular formula is C27H39AlO2. The fourth-order valence-corrected chi connectivity index (χ4v) is 6.42. The van der Waals surface area contributed by atoms with Gasteiger partial charge in [-0.25, -0.2) is 0 Å². The molecule has 0 saturated carbocycles. The smallest absolute Gasteiger partial charge is 0.611 e. The molecule has 0 unspecified atom stereocenters. The average molecular weight is 423 g/mol. The van der Waals surface area contributed by atoms with Crippen LogP contribution in [0.5, 0.6) is 11.5 Å². The van der Waals surface area contributed by atoms with E-state index >= 15 is 0 Å². The van der Waals surface area contributed by atoms with Crippen molar-refractivity contribution in [1.82, 2.24) is 0 Å². The van der Waals surface area contributed by atoms with Gasteiger partial charge >= 0.3 is 14.8 Å². The first-order valence-electron chi connectivity index (χ1n) is 11.4. The van der Waals surface area contributed by atoms with Crippen LogP contribution < -0.4 is 7.58 Å². The Hall–Kier alpha value is -1.43. The predicted molar refractivity (Wildman–Crippen MR) is 129 cm³/mol. The molecule has 0 atom stereocenters. The van der Waals surface area contributed by atoms with Gasteiger partial charge in [-0.3, -0.25) is 0 Å². The maximum absolute atomic E-state index is 6.83. The van der Waals surface area contributed by atoms with E-state index in [1.54, 1.807) is 0 Å². The van der Waals surface area contributed by atoms with E-state index in [1.165, 1.54) is 33.4 Å². The molecule has 3 rings (SSSR count). The van der Waals surface area contributed by atoms with Gasteiger partial charge in [0.15, 0.2) is 0 Å². The highest BCUT2D eigenvalue weighted by Crippen LogP contribution is 2.43. The minimum atomic E-state index is -1.96. The Morgan fingerprint density at radius 1 is 0.767 bits per heavy atom. The summed E-state index contributed by atoms with van der Waals surface area (Å²) >= 11 is -1.96. The second-order valence-corrected chi connectivity index (χ2v) is 13.4. The van der Waals surface area contributed by atoms with Crippen molar-refractivity contribution < 1.29 is 7.58 Å². The summed E-state index contributed by atoms with van der Waals surface area (Å²) in [6, 6.07) is 9.25. The SMILES string of the molecule is Cc1cc2c(c(C(C)(C)C)c1)[O][Al]([CH2]C(C)C)[O]c1c(cc(C)cc1C(C)(C)C)C2. The Bertz CT molecular complexity index is 858. The first-order valence-corrected chi connectivity index (χ1v) is 13.1. The van der Waals surface area contributed by atoms with E-state index in [0.717, 1.165) is 23.2 Å². The molecule has 2 aromatic carbocycles. The van der Waals surface area contributed by atoms with Crippen LogP contribution in [0.15, 0.2) is 24.3 Å². The third kappa shape index (κ3) is 5.07. The molecule has 0 fully saturated rings. The summed E-state index contributed by atoms with van der Waals surface area (Å²) in [6.45, 7) is 22.6.